The summed E-state index contributed by atoms with van der Waals surface area (Å²) in [6.45, 7) is 0. The van der Waals surface area contributed by atoms with Crippen molar-refractivity contribution in [1.82, 2.24) is 0 Å². The van der Waals surface area contributed by atoms with Crippen LogP contribution in [0, 0.1) is 0 Å². The predicted molar refractivity (Wildman–Crippen MR) is 231 cm³/mol. The molecule has 0 saturated heterocycles. The maximum atomic E-state index is 2.34. The molecule has 0 aliphatic carbocycles. The van der Waals surface area contributed by atoms with Gasteiger partial charge in [-0.1, -0.05) is 194 Å². The van der Waals surface area contributed by atoms with Crippen molar-refractivity contribution in [2.45, 2.75) is 0 Å². The highest BCUT2D eigenvalue weighted by molar-refractivity contribution is 7.26. The molecular weight excluding hydrogens is 657 g/mol. The van der Waals surface area contributed by atoms with Crippen molar-refractivity contribution < 1.29 is 0 Å². The summed E-state index contributed by atoms with van der Waals surface area (Å²) in [6, 6.07) is 73.0. The van der Waals surface area contributed by atoms with Crippen LogP contribution in [-0.4, -0.2) is 0 Å². The van der Waals surface area contributed by atoms with Gasteiger partial charge < -0.3 is 0 Å². The first-order chi connectivity index (χ1) is 26.3. The van der Waals surface area contributed by atoms with Crippen LogP contribution in [0.2, 0.25) is 0 Å². The van der Waals surface area contributed by atoms with Gasteiger partial charge in [0.1, 0.15) is 0 Å². The first-order valence-electron chi connectivity index (χ1n) is 18.2. The van der Waals surface area contributed by atoms with E-state index in [0.717, 1.165) is 0 Å². The summed E-state index contributed by atoms with van der Waals surface area (Å²) in [5, 5.41) is 7.72. The Morgan fingerprint density at radius 1 is 0.340 bits per heavy atom. The molecule has 0 spiro atoms. The SMILES string of the molecule is C(=C(c1ccc(-c2cccc3ccccc23)cc1)c1ccc(-c2cccc3ccccc23)cc1)c1ccc(-c2cccc3c2sc2ccccc23)cc1. The normalized spacial score (nSPS) is 11.4. The van der Waals surface area contributed by atoms with Crippen molar-refractivity contribution in [3.63, 3.8) is 0 Å². The first kappa shape index (κ1) is 31.2. The lowest BCUT2D eigenvalue weighted by Crippen LogP contribution is -1.91. The van der Waals surface area contributed by atoms with Gasteiger partial charge >= 0.3 is 0 Å². The molecule has 10 aromatic rings. The molecule has 0 fully saturated rings. The van der Waals surface area contributed by atoms with Gasteiger partial charge in [-0.05, 0) is 89.3 Å². The van der Waals surface area contributed by atoms with Crippen LogP contribution in [0.1, 0.15) is 16.7 Å². The van der Waals surface area contributed by atoms with E-state index >= 15 is 0 Å². The van der Waals surface area contributed by atoms with Crippen LogP contribution in [0.25, 0.3) is 86.7 Å². The standard InChI is InChI=1S/C52H34S/c1-3-14-43-36(10-1)12-7-17-45(43)38-26-30-41(31-27-38)50(42-32-28-39(29-33-42)46-18-8-13-37-11-2-4-15-44(37)46)34-35-22-24-40(25-23-35)47-19-9-20-49-48-16-5-6-21-51(48)53-52(47)49/h1-34H. The predicted octanol–water partition coefficient (Wildman–Crippen LogP) is 15.0. The molecule has 0 aliphatic rings. The van der Waals surface area contributed by atoms with E-state index in [1.165, 1.54) is 97.4 Å². The number of fused-ring (bicyclic) bond motifs is 5. The van der Waals surface area contributed by atoms with Crippen LogP contribution in [0.3, 0.4) is 0 Å². The van der Waals surface area contributed by atoms with Crippen molar-refractivity contribution in [3.8, 4) is 33.4 Å². The molecule has 0 radical (unpaired) electrons. The van der Waals surface area contributed by atoms with Crippen molar-refractivity contribution in [3.05, 3.63) is 217 Å². The Morgan fingerprint density at radius 2 is 0.774 bits per heavy atom. The minimum atomic E-state index is 1.17. The molecule has 53 heavy (non-hydrogen) atoms. The van der Waals surface area contributed by atoms with Gasteiger partial charge in [0.25, 0.3) is 0 Å². The van der Waals surface area contributed by atoms with Crippen LogP contribution in [-0.2, 0) is 0 Å². The molecule has 1 heteroatoms. The zero-order valence-corrected chi connectivity index (χ0v) is 29.9. The fourth-order valence-electron chi connectivity index (χ4n) is 7.85. The second kappa shape index (κ2) is 13.2. The molecule has 248 valence electrons. The van der Waals surface area contributed by atoms with Crippen molar-refractivity contribution >= 4 is 64.7 Å². The van der Waals surface area contributed by atoms with Gasteiger partial charge in [0, 0.05) is 20.2 Å². The molecule has 0 atom stereocenters. The van der Waals surface area contributed by atoms with E-state index in [2.05, 4.69) is 206 Å². The molecule has 9 aromatic carbocycles. The number of rotatable bonds is 6. The first-order valence-corrected chi connectivity index (χ1v) is 19.0. The summed E-state index contributed by atoms with van der Waals surface area (Å²) in [4.78, 5) is 0. The van der Waals surface area contributed by atoms with Gasteiger partial charge in [0.2, 0.25) is 0 Å². The zero-order valence-electron chi connectivity index (χ0n) is 29.0. The molecule has 0 amide bonds. The second-order valence-corrected chi connectivity index (χ2v) is 14.7. The molecule has 10 rings (SSSR count). The Hall–Kier alpha value is -6.54. The van der Waals surface area contributed by atoms with E-state index in [0.29, 0.717) is 0 Å². The van der Waals surface area contributed by atoms with Crippen LogP contribution in [0.4, 0.5) is 0 Å². The second-order valence-electron chi connectivity index (χ2n) is 13.7. The summed E-state index contributed by atoms with van der Waals surface area (Å²) >= 11 is 1.88. The van der Waals surface area contributed by atoms with E-state index in [9.17, 15) is 0 Å². The fraction of sp³-hybridized carbons (Fsp3) is 0. The summed E-state index contributed by atoms with van der Waals surface area (Å²) in [6.07, 6.45) is 2.34. The quantitative estimate of drug-likeness (QED) is 0.152. The summed E-state index contributed by atoms with van der Waals surface area (Å²) in [5.74, 6) is 0. The smallest absolute Gasteiger partial charge is 0.0433 e. The molecule has 1 aromatic heterocycles. The fourth-order valence-corrected chi connectivity index (χ4v) is 9.08. The van der Waals surface area contributed by atoms with Gasteiger partial charge in [0.15, 0.2) is 0 Å². The van der Waals surface area contributed by atoms with E-state index < -0.39 is 0 Å². The summed E-state index contributed by atoms with van der Waals surface area (Å²) < 4.78 is 2.67. The Balaban J connectivity index is 1.05. The van der Waals surface area contributed by atoms with Crippen molar-refractivity contribution in [2.75, 3.05) is 0 Å². The van der Waals surface area contributed by atoms with Gasteiger partial charge in [-0.2, -0.15) is 0 Å². The number of hydrogen-bond acceptors (Lipinski definition) is 1. The highest BCUT2D eigenvalue weighted by Gasteiger charge is 2.12. The van der Waals surface area contributed by atoms with Crippen LogP contribution in [0.15, 0.2) is 200 Å². The minimum absolute atomic E-state index is 1.17. The number of hydrogen-bond donors (Lipinski definition) is 0. The highest BCUT2D eigenvalue weighted by atomic mass is 32.1. The third-order valence-corrected chi connectivity index (χ3v) is 11.7. The Morgan fingerprint density at radius 3 is 1.38 bits per heavy atom. The molecular formula is C52H34S. The Kier molecular flexibility index (Phi) is 7.78. The van der Waals surface area contributed by atoms with Crippen LogP contribution < -0.4 is 0 Å². The molecule has 0 unspecified atom stereocenters. The average Bonchev–Trinajstić information content (AvgIpc) is 3.62. The van der Waals surface area contributed by atoms with Gasteiger partial charge in [-0.25, -0.2) is 0 Å². The number of benzene rings is 9. The topological polar surface area (TPSA) is 0 Å². The largest absolute Gasteiger partial charge is 0.135 e. The Bertz CT molecular complexity index is 2820. The third kappa shape index (κ3) is 5.73. The average molecular weight is 691 g/mol. The van der Waals surface area contributed by atoms with Crippen molar-refractivity contribution in [2.24, 2.45) is 0 Å². The zero-order chi connectivity index (χ0) is 35.1. The molecule has 1 heterocycles. The number of thiophene rings is 1. The van der Waals surface area contributed by atoms with E-state index in [4.69, 9.17) is 0 Å². The van der Waals surface area contributed by atoms with Gasteiger partial charge in [-0.15, -0.1) is 11.3 Å². The van der Waals surface area contributed by atoms with E-state index in [1.54, 1.807) is 0 Å². The summed E-state index contributed by atoms with van der Waals surface area (Å²) in [7, 11) is 0. The van der Waals surface area contributed by atoms with Crippen molar-refractivity contribution in [1.29, 1.82) is 0 Å². The van der Waals surface area contributed by atoms with Gasteiger partial charge in [0.05, 0.1) is 0 Å². The van der Waals surface area contributed by atoms with E-state index in [1.807, 2.05) is 11.3 Å². The molecule has 0 N–H and O–H groups in total. The third-order valence-electron chi connectivity index (χ3n) is 10.5. The molecule has 0 bridgehead atoms. The van der Waals surface area contributed by atoms with Gasteiger partial charge in [-0.3, -0.25) is 0 Å². The maximum Gasteiger partial charge on any atom is 0.0433 e. The molecule has 0 aliphatic heterocycles. The van der Waals surface area contributed by atoms with Crippen LogP contribution in [0.5, 0.6) is 0 Å². The van der Waals surface area contributed by atoms with E-state index in [-0.39, 0.29) is 0 Å². The highest BCUT2D eigenvalue weighted by Crippen LogP contribution is 2.40. The lowest BCUT2D eigenvalue weighted by Gasteiger charge is -2.13. The molecule has 0 saturated carbocycles. The summed E-state index contributed by atoms with van der Waals surface area (Å²) in [5.41, 5.74) is 12.2. The maximum absolute atomic E-state index is 2.34. The lowest BCUT2D eigenvalue weighted by atomic mass is 9.91. The molecule has 0 nitrogen and oxygen atoms in total. The lowest BCUT2D eigenvalue weighted by molar-refractivity contribution is 1.54. The van der Waals surface area contributed by atoms with Crippen LogP contribution >= 0.6 is 11.3 Å². The Labute approximate surface area is 313 Å². The monoisotopic (exact) mass is 690 g/mol. The minimum Gasteiger partial charge on any atom is -0.135 e.